The minimum Gasteiger partial charge on any atom is -0.119 e. The fraction of sp³-hybridized carbons (Fsp3) is 0.533. The van der Waals surface area contributed by atoms with E-state index in [1.807, 2.05) is 11.8 Å². The molecule has 0 nitrogen and oxygen atoms in total. The highest BCUT2D eigenvalue weighted by Crippen LogP contribution is 2.31. The molecular weight excluding hydrogens is 371 g/mol. The number of aryl methyl sites for hydroxylation is 1. The molecule has 0 radical (unpaired) electrons. The van der Waals surface area contributed by atoms with Gasteiger partial charge in [-0.1, -0.05) is 51.2 Å². The van der Waals surface area contributed by atoms with Gasteiger partial charge < -0.3 is 0 Å². The molecule has 0 aromatic heterocycles. The van der Waals surface area contributed by atoms with Crippen molar-refractivity contribution in [2.24, 2.45) is 5.41 Å². The summed E-state index contributed by atoms with van der Waals surface area (Å²) in [5.41, 5.74) is 1.64. The Morgan fingerprint density at radius 2 is 2.00 bits per heavy atom. The molecule has 0 aliphatic carbocycles. The number of halogens is 1. The molecule has 0 fully saturated rings. The molecule has 0 aliphatic heterocycles. The molecule has 0 N–H and O–H groups in total. The Bertz CT molecular complexity index is 399. The number of hydrogen-bond acceptors (Lipinski definition) is 2. The first-order chi connectivity index (χ1) is 8.47. The summed E-state index contributed by atoms with van der Waals surface area (Å²) in [6.07, 6.45) is 3.53. The van der Waals surface area contributed by atoms with Crippen LogP contribution < -0.4 is 0 Å². The van der Waals surface area contributed by atoms with Crippen LogP contribution in [0.4, 0.5) is 0 Å². The lowest BCUT2D eigenvalue weighted by molar-refractivity contribution is 0.469. The average Bonchev–Trinajstić information content (AvgIpc) is 2.32. The number of hydrogen-bond donors (Lipinski definition) is 0. The van der Waals surface area contributed by atoms with Crippen molar-refractivity contribution in [3.63, 3.8) is 0 Å². The van der Waals surface area contributed by atoms with Gasteiger partial charge in [-0.2, -0.15) is 0 Å². The molecule has 0 saturated heterocycles. The van der Waals surface area contributed by atoms with E-state index in [9.17, 15) is 0 Å². The van der Waals surface area contributed by atoms with Gasteiger partial charge in [-0.15, -0.1) is 11.8 Å². The summed E-state index contributed by atoms with van der Waals surface area (Å²) >= 11 is 9.74. The van der Waals surface area contributed by atoms with Crippen LogP contribution in [0.5, 0.6) is 0 Å². The van der Waals surface area contributed by atoms with Gasteiger partial charge in [0.1, 0.15) is 0 Å². The molecule has 0 amide bonds. The van der Waals surface area contributed by atoms with Gasteiger partial charge >= 0.3 is 0 Å². The van der Waals surface area contributed by atoms with Gasteiger partial charge in [0.2, 0.25) is 0 Å². The van der Waals surface area contributed by atoms with Crippen LogP contribution in [0, 0.1) is 8.99 Å². The van der Waals surface area contributed by atoms with Crippen LogP contribution in [0.15, 0.2) is 24.3 Å². The molecule has 100 valence electrons. The Kier molecular flexibility index (Phi) is 7.17. The second kappa shape index (κ2) is 7.85. The number of rotatable bonds is 6. The van der Waals surface area contributed by atoms with Crippen LogP contribution in [-0.4, -0.2) is 9.95 Å². The van der Waals surface area contributed by atoms with Gasteiger partial charge in [0.15, 0.2) is 0 Å². The average molecular weight is 392 g/mol. The maximum Gasteiger partial charge on any atom is 0.0534 e. The van der Waals surface area contributed by atoms with Crippen LogP contribution >= 0.6 is 46.6 Å². The Labute approximate surface area is 134 Å². The predicted molar refractivity (Wildman–Crippen MR) is 96.6 cm³/mol. The first-order valence-corrected chi connectivity index (χ1v) is 8.85. The minimum absolute atomic E-state index is 0.177. The van der Waals surface area contributed by atoms with Gasteiger partial charge in [0.25, 0.3) is 0 Å². The maximum absolute atomic E-state index is 5.51. The summed E-state index contributed by atoms with van der Waals surface area (Å²) in [7, 11) is 0. The molecule has 0 spiro atoms. The predicted octanol–water partition coefficient (Wildman–Crippen LogP) is 5.72. The van der Waals surface area contributed by atoms with Gasteiger partial charge in [0, 0.05) is 8.99 Å². The Balaban J connectivity index is 2.46. The summed E-state index contributed by atoms with van der Waals surface area (Å²) in [5, 5.41) is 0. The topological polar surface area (TPSA) is 0 Å². The van der Waals surface area contributed by atoms with Crippen molar-refractivity contribution < 1.29 is 0 Å². The molecule has 0 bridgehead atoms. The van der Waals surface area contributed by atoms with Crippen LogP contribution in [0.25, 0.3) is 0 Å². The van der Waals surface area contributed by atoms with Gasteiger partial charge in [-0.05, 0) is 59.2 Å². The highest BCUT2D eigenvalue weighted by molar-refractivity contribution is 14.1. The standard InChI is InChI=1S/C15H21IS2/c1-4-18-14(17)15(2,3)11-7-9-12-8-5-6-10-13(12)16/h5-6,8,10H,4,7,9,11H2,1-3H3. The lowest BCUT2D eigenvalue weighted by atomic mass is 9.88. The Morgan fingerprint density at radius 1 is 1.33 bits per heavy atom. The first-order valence-electron chi connectivity index (χ1n) is 6.38. The van der Waals surface area contributed by atoms with Gasteiger partial charge in [0.05, 0.1) is 4.20 Å². The molecule has 0 saturated carbocycles. The van der Waals surface area contributed by atoms with E-state index < -0.39 is 0 Å². The smallest absolute Gasteiger partial charge is 0.0534 e. The number of thioether (sulfide) groups is 1. The third-order valence-electron chi connectivity index (χ3n) is 3.03. The van der Waals surface area contributed by atoms with Crippen molar-refractivity contribution >= 4 is 50.8 Å². The van der Waals surface area contributed by atoms with Crippen molar-refractivity contribution in [1.82, 2.24) is 0 Å². The van der Waals surface area contributed by atoms with Crippen LogP contribution in [0.1, 0.15) is 39.2 Å². The molecule has 0 aliphatic rings. The summed E-state index contributed by atoms with van der Waals surface area (Å²) < 4.78 is 2.53. The summed E-state index contributed by atoms with van der Waals surface area (Å²) in [6.45, 7) is 6.71. The van der Waals surface area contributed by atoms with Crippen molar-refractivity contribution in [2.45, 2.75) is 40.0 Å². The van der Waals surface area contributed by atoms with Crippen molar-refractivity contribution in [2.75, 3.05) is 5.75 Å². The summed E-state index contributed by atoms with van der Waals surface area (Å²) in [6, 6.07) is 8.63. The van der Waals surface area contributed by atoms with Gasteiger partial charge in [-0.25, -0.2) is 0 Å². The zero-order valence-electron chi connectivity index (χ0n) is 11.3. The van der Waals surface area contributed by atoms with Crippen molar-refractivity contribution in [3.8, 4) is 0 Å². The molecule has 1 rings (SSSR count). The Morgan fingerprint density at radius 3 is 2.61 bits per heavy atom. The van der Waals surface area contributed by atoms with Crippen LogP contribution in [-0.2, 0) is 6.42 Å². The van der Waals surface area contributed by atoms with Gasteiger partial charge in [-0.3, -0.25) is 0 Å². The van der Waals surface area contributed by atoms with Crippen LogP contribution in [0.3, 0.4) is 0 Å². The second-order valence-electron chi connectivity index (χ2n) is 5.05. The van der Waals surface area contributed by atoms with E-state index in [2.05, 4.69) is 67.6 Å². The lowest BCUT2D eigenvalue weighted by Crippen LogP contribution is -2.20. The van der Waals surface area contributed by atoms with E-state index in [1.54, 1.807) is 0 Å². The maximum atomic E-state index is 5.51. The Hall–Kier alpha value is 0.390. The molecule has 1 aromatic rings. The van der Waals surface area contributed by atoms with Crippen molar-refractivity contribution in [1.29, 1.82) is 0 Å². The third-order valence-corrected chi connectivity index (χ3v) is 6.10. The second-order valence-corrected chi connectivity index (χ2v) is 8.15. The summed E-state index contributed by atoms with van der Waals surface area (Å²) in [5.74, 6) is 1.08. The monoisotopic (exact) mass is 392 g/mol. The molecule has 1 aromatic carbocycles. The number of benzene rings is 1. The highest BCUT2D eigenvalue weighted by Gasteiger charge is 2.22. The summed E-state index contributed by atoms with van der Waals surface area (Å²) in [4.78, 5) is 0. The van der Waals surface area contributed by atoms with E-state index in [1.165, 1.54) is 22.0 Å². The molecule has 3 heteroatoms. The fourth-order valence-electron chi connectivity index (χ4n) is 1.85. The zero-order chi connectivity index (χ0) is 13.6. The normalized spacial score (nSPS) is 11.6. The molecule has 18 heavy (non-hydrogen) atoms. The zero-order valence-corrected chi connectivity index (χ0v) is 15.1. The minimum atomic E-state index is 0.177. The van der Waals surface area contributed by atoms with Crippen molar-refractivity contribution in [3.05, 3.63) is 33.4 Å². The number of thiocarbonyl (C=S) groups is 1. The van der Waals surface area contributed by atoms with E-state index in [0.29, 0.717) is 0 Å². The SMILES string of the molecule is CCSC(=S)C(C)(C)CCCc1ccccc1I. The lowest BCUT2D eigenvalue weighted by Gasteiger charge is -2.25. The first kappa shape index (κ1) is 16.4. The van der Waals surface area contributed by atoms with E-state index in [0.717, 1.165) is 16.4 Å². The molecule has 0 unspecified atom stereocenters. The largest absolute Gasteiger partial charge is 0.119 e. The third kappa shape index (κ3) is 5.17. The molecule has 0 heterocycles. The van der Waals surface area contributed by atoms with E-state index >= 15 is 0 Å². The fourth-order valence-corrected chi connectivity index (χ4v) is 3.72. The molecule has 0 atom stereocenters. The van der Waals surface area contributed by atoms with E-state index in [-0.39, 0.29) is 5.41 Å². The highest BCUT2D eigenvalue weighted by atomic mass is 127. The van der Waals surface area contributed by atoms with E-state index in [4.69, 9.17) is 12.2 Å². The molecular formula is C15H21IS2. The van der Waals surface area contributed by atoms with Crippen LogP contribution in [0.2, 0.25) is 0 Å². The quantitative estimate of drug-likeness (QED) is 0.449.